The zero-order valence-corrected chi connectivity index (χ0v) is 15.5. The minimum Gasteiger partial charge on any atom is -0.268 e. The molecule has 4 aromatic rings. The molecule has 0 bridgehead atoms. The van der Waals surface area contributed by atoms with Gasteiger partial charge in [0.1, 0.15) is 6.33 Å². The van der Waals surface area contributed by atoms with Gasteiger partial charge in [0.25, 0.3) is 0 Å². The molecule has 24 heavy (non-hydrogen) atoms. The summed E-state index contributed by atoms with van der Waals surface area (Å²) in [4.78, 5) is 9.11. The molecule has 0 aromatic carbocycles. The van der Waals surface area contributed by atoms with Crippen LogP contribution in [-0.4, -0.2) is 39.1 Å². The van der Waals surface area contributed by atoms with Gasteiger partial charge in [-0.3, -0.25) is 9.36 Å². The minimum absolute atomic E-state index is 0.126. The van der Waals surface area contributed by atoms with Gasteiger partial charge >= 0.3 is 0 Å². The number of aryl methyl sites for hydroxylation is 2. The molecule has 0 spiro atoms. The van der Waals surface area contributed by atoms with Gasteiger partial charge in [-0.15, -0.1) is 5.10 Å². The Morgan fingerprint density at radius 3 is 2.71 bits per heavy atom. The number of halogens is 1. The molecule has 4 heterocycles. The van der Waals surface area contributed by atoms with Crippen LogP contribution in [0.1, 0.15) is 30.1 Å². The number of hydrogen-bond donors (Lipinski definition) is 0. The molecule has 0 saturated heterocycles. The van der Waals surface area contributed by atoms with Crippen LogP contribution in [-0.2, 0) is 13.6 Å². The van der Waals surface area contributed by atoms with E-state index in [2.05, 4.69) is 50.1 Å². The summed E-state index contributed by atoms with van der Waals surface area (Å²) in [7, 11) is 1.87. The highest BCUT2D eigenvalue weighted by Crippen LogP contribution is 2.23. The van der Waals surface area contributed by atoms with Crippen LogP contribution >= 0.6 is 15.9 Å². The van der Waals surface area contributed by atoms with Crippen molar-refractivity contribution in [2.75, 3.05) is 0 Å². The van der Waals surface area contributed by atoms with E-state index in [1.807, 2.05) is 18.7 Å². The quantitative estimate of drug-likeness (QED) is 0.538. The SMILES string of the molecule is Cc1nn(C[C@H](C)c2nc3c4cnn(C)c4ncn3n2)c(C)c1Br. The molecule has 0 fully saturated rings. The Balaban J connectivity index is 1.73. The summed E-state index contributed by atoms with van der Waals surface area (Å²) in [5.74, 6) is 0.901. The molecule has 0 aliphatic carbocycles. The summed E-state index contributed by atoms with van der Waals surface area (Å²) in [6.45, 7) is 6.87. The van der Waals surface area contributed by atoms with Crippen LogP contribution in [0, 0.1) is 13.8 Å². The fourth-order valence-corrected chi connectivity index (χ4v) is 3.14. The molecule has 8 nitrogen and oxygen atoms in total. The molecule has 4 rings (SSSR count). The van der Waals surface area contributed by atoms with Crippen molar-refractivity contribution >= 4 is 32.6 Å². The first-order valence-electron chi connectivity index (χ1n) is 7.68. The number of aromatic nitrogens is 8. The van der Waals surface area contributed by atoms with Crippen molar-refractivity contribution < 1.29 is 0 Å². The monoisotopic (exact) mass is 388 g/mol. The molecule has 0 N–H and O–H groups in total. The normalized spacial score (nSPS) is 13.2. The number of rotatable bonds is 3. The first kappa shape index (κ1) is 15.3. The van der Waals surface area contributed by atoms with Crippen molar-refractivity contribution in [3.05, 3.63) is 34.2 Å². The molecule has 1 atom stereocenters. The predicted molar refractivity (Wildman–Crippen MR) is 92.9 cm³/mol. The second kappa shape index (κ2) is 5.37. The Bertz CT molecular complexity index is 1060. The third-order valence-electron chi connectivity index (χ3n) is 4.27. The highest BCUT2D eigenvalue weighted by Gasteiger charge is 2.18. The smallest absolute Gasteiger partial charge is 0.170 e. The van der Waals surface area contributed by atoms with Gasteiger partial charge in [-0.05, 0) is 29.8 Å². The molecule has 124 valence electrons. The molecule has 0 amide bonds. The van der Waals surface area contributed by atoms with Gasteiger partial charge in [-0.25, -0.2) is 14.5 Å². The maximum Gasteiger partial charge on any atom is 0.170 e. The van der Waals surface area contributed by atoms with E-state index in [9.17, 15) is 0 Å². The third kappa shape index (κ3) is 2.22. The van der Waals surface area contributed by atoms with Gasteiger partial charge in [-0.1, -0.05) is 6.92 Å². The van der Waals surface area contributed by atoms with E-state index in [-0.39, 0.29) is 5.92 Å². The number of hydrogen-bond acceptors (Lipinski definition) is 5. The Morgan fingerprint density at radius 1 is 1.21 bits per heavy atom. The van der Waals surface area contributed by atoms with Crippen molar-refractivity contribution in [1.82, 2.24) is 39.1 Å². The maximum atomic E-state index is 4.71. The average Bonchev–Trinajstić information content (AvgIpc) is 3.21. The van der Waals surface area contributed by atoms with Gasteiger partial charge in [0.15, 0.2) is 17.1 Å². The van der Waals surface area contributed by atoms with Crippen LogP contribution in [0.2, 0.25) is 0 Å². The van der Waals surface area contributed by atoms with Crippen LogP contribution in [0.5, 0.6) is 0 Å². The van der Waals surface area contributed by atoms with Crippen molar-refractivity contribution in [1.29, 1.82) is 0 Å². The lowest BCUT2D eigenvalue weighted by Gasteiger charge is -2.09. The van der Waals surface area contributed by atoms with Crippen molar-refractivity contribution in [3.8, 4) is 0 Å². The zero-order chi connectivity index (χ0) is 17.0. The molecule has 4 aromatic heterocycles. The van der Waals surface area contributed by atoms with Gasteiger partial charge in [0, 0.05) is 18.7 Å². The van der Waals surface area contributed by atoms with E-state index < -0.39 is 0 Å². The summed E-state index contributed by atoms with van der Waals surface area (Å²) >= 11 is 3.57. The second-order valence-electron chi connectivity index (χ2n) is 6.06. The van der Waals surface area contributed by atoms with Crippen LogP contribution in [0.25, 0.3) is 16.7 Å². The van der Waals surface area contributed by atoms with Gasteiger partial charge in [0.2, 0.25) is 0 Å². The van der Waals surface area contributed by atoms with E-state index in [1.165, 1.54) is 0 Å². The van der Waals surface area contributed by atoms with E-state index in [4.69, 9.17) is 4.98 Å². The first-order valence-corrected chi connectivity index (χ1v) is 8.47. The van der Waals surface area contributed by atoms with Crippen LogP contribution < -0.4 is 0 Å². The Hall–Kier alpha value is -2.29. The molecule has 0 aliphatic heterocycles. The fourth-order valence-electron chi connectivity index (χ4n) is 2.86. The zero-order valence-electron chi connectivity index (χ0n) is 13.9. The molecule has 0 saturated carbocycles. The van der Waals surface area contributed by atoms with Gasteiger partial charge in [0.05, 0.1) is 28.3 Å². The van der Waals surface area contributed by atoms with Gasteiger partial charge in [-0.2, -0.15) is 10.2 Å². The largest absolute Gasteiger partial charge is 0.268 e. The highest BCUT2D eigenvalue weighted by atomic mass is 79.9. The van der Waals surface area contributed by atoms with E-state index in [0.717, 1.165) is 44.9 Å². The fraction of sp³-hybridized carbons (Fsp3) is 0.400. The Kier molecular flexibility index (Phi) is 3.41. The van der Waals surface area contributed by atoms with Crippen molar-refractivity contribution in [3.63, 3.8) is 0 Å². The first-order chi connectivity index (χ1) is 11.5. The standard InChI is InChI=1S/C15H17BrN8/c1-8(6-23-10(3)12(16)9(2)20-23)13-19-15-11-5-18-22(4)14(11)17-7-24(15)21-13/h5,7-8H,6H2,1-4H3/t8-/m0/s1. The Morgan fingerprint density at radius 2 is 2.00 bits per heavy atom. The van der Waals surface area contributed by atoms with E-state index >= 15 is 0 Å². The van der Waals surface area contributed by atoms with E-state index in [1.54, 1.807) is 21.7 Å². The molecular formula is C15H17BrN8. The summed E-state index contributed by atoms with van der Waals surface area (Å²) in [5, 5.41) is 14.3. The molecule has 0 aliphatic rings. The Labute approximate surface area is 146 Å². The average molecular weight is 389 g/mol. The van der Waals surface area contributed by atoms with Crippen molar-refractivity contribution in [2.24, 2.45) is 7.05 Å². The van der Waals surface area contributed by atoms with Crippen LogP contribution in [0.3, 0.4) is 0 Å². The summed E-state index contributed by atoms with van der Waals surface area (Å²) in [6, 6.07) is 0. The lowest BCUT2D eigenvalue weighted by atomic mass is 10.1. The predicted octanol–water partition coefficient (Wildman–Crippen LogP) is 2.39. The minimum atomic E-state index is 0.126. The molecule has 0 unspecified atom stereocenters. The number of nitrogens with zero attached hydrogens (tertiary/aromatic N) is 8. The third-order valence-corrected chi connectivity index (χ3v) is 5.41. The maximum absolute atomic E-state index is 4.71. The topological polar surface area (TPSA) is 78.7 Å². The molecule has 0 radical (unpaired) electrons. The lowest BCUT2D eigenvalue weighted by molar-refractivity contribution is 0.512. The van der Waals surface area contributed by atoms with Crippen LogP contribution in [0.15, 0.2) is 17.0 Å². The van der Waals surface area contributed by atoms with E-state index in [0.29, 0.717) is 0 Å². The summed E-state index contributed by atoms with van der Waals surface area (Å²) in [6.07, 6.45) is 3.46. The molecule has 9 heteroatoms. The summed E-state index contributed by atoms with van der Waals surface area (Å²) in [5.41, 5.74) is 3.68. The molecular weight excluding hydrogens is 372 g/mol. The van der Waals surface area contributed by atoms with Gasteiger partial charge < -0.3 is 0 Å². The number of fused-ring (bicyclic) bond motifs is 3. The lowest BCUT2D eigenvalue weighted by Crippen LogP contribution is -2.10. The van der Waals surface area contributed by atoms with Crippen molar-refractivity contribution in [2.45, 2.75) is 33.2 Å². The highest BCUT2D eigenvalue weighted by molar-refractivity contribution is 9.10. The summed E-state index contributed by atoms with van der Waals surface area (Å²) < 4.78 is 6.50. The second-order valence-corrected chi connectivity index (χ2v) is 6.85. The van der Waals surface area contributed by atoms with Crippen LogP contribution in [0.4, 0.5) is 0 Å².